The number of hydrogen-bond donors (Lipinski definition) is 3. The molecule has 1 heterocycles. The van der Waals surface area contributed by atoms with E-state index in [1.807, 2.05) is 0 Å². The van der Waals surface area contributed by atoms with Gasteiger partial charge in [-0.05, 0) is 31.0 Å². The summed E-state index contributed by atoms with van der Waals surface area (Å²) < 4.78 is 13.1. The molecule has 0 spiro atoms. The number of urea groups is 1. The molecule has 2 rings (SSSR count). The SMILES string of the molecule is CC(O)CCNC(=O)Nc1nnc(Cc2cccc(F)c2)s1. The summed E-state index contributed by atoms with van der Waals surface area (Å²) in [7, 11) is 0. The lowest BCUT2D eigenvalue weighted by atomic mass is 10.1. The number of anilines is 1. The maximum absolute atomic E-state index is 13.1. The van der Waals surface area contributed by atoms with Crippen molar-refractivity contribution in [3.63, 3.8) is 0 Å². The highest BCUT2D eigenvalue weighted by Crippen LogP contribution is 2.18. The van der Waals surface area contributed by atoms with E-state index in [2.05, 4.69) is 20.8 Å². The van der Waals surface area contributed by atoms with Crippen molar-refractivity contribution in [2.75, 3.05) is 11.9 Å². The number of benzene rings is 1. The molecule has 2 amide bonds. The summed E-state index contributed by atoms with van der Waals surface area (Å²) in [5.41, 5.74) is 0.795. The molecule has 0 saturated carbocycles. The van der Waals surface area contributed by atoms with Crippen LogP contribution in [0.3, 0.4) is 0 Å². The first-order valence-electron chi connectivity index (χ1n) is 6.82. The van der Waals surface area contributed by atoms with Gasteiger partial charge in [0, 0.05) is 13.0 Å². The fraction of sp³-hybridized carbons (Fsp3) is 0.357. The first kappa shape index (κ1) is 16.3. The average molecular weight is 324 g/mol. The van der Waals surface area contributed by atoms with Crippen LogP contribution in [0.1, 0.15) is 23.9 Å². The van der Waals surface area contributed by atoms with Crippen LogP contribution in [0.15, 0.2) is 24.3 Å². The van der Waals surface area contributed by atoms with Crippen LogP contribution in [0, 0.1) is 5.82 Å². The summed E-state index contributed by atoms with van der Waals surface area (Å²) in [6.07, 6.45) is 0.481. The van der Waals surface area contributed by atoms with E-state index in [0.717, 1.165) is 5.56 Å². The Bertz CT molecular complexity index is 633. The van der Waals surface area contributed by atoms with E-state index in [1.165, 1.54) is 23.5 Å². The minimum absolute atomic E-state index is 0.294. The van der Waals surface area contributed by atoms with E-state index in [1.54, 1.807) is 19.1 Å². The fourth-order valence-corrected chi connectivity index (χ4v) is 2.50. The number of nitrogens with zero attached hydrogens (tertiary/aromatic N) is 2. The largest absolute Gasteiger partial charge is 0.393 e. The van der Waals surface area contributed by atoms with Crippen molar-refractivity contribution in [3.05, 3.63) is 40.7 Å². The molecule has 0 aliphatic heterocycles. The molecule has 0 fully saturated rings. The van der Waals surface area contributed by atoms with Gasteiger partial charge in [0.1, 0.15) is 10.8 Å². The Morgan fingerprint density at radius 2 is 2.27 bits per heavy atom. The van der Waals surface area contributed by atoms with Crippen molar-refractivity contribution in [2.45, 2.75) is 25.9 Å². The van der Waals surface area contributed by atoms with Gasteiger partial charge in [0.2, 0.25) is 5.13 Å². The van der Waals surface area contributed by atoms with E-state index in [4.69, 9.17) is 5.11 Å². The first-order chi connectivity index (χ1) is 10.5. The number of aliphatic hydroxyl groups is 1. The van der Waals surface area contributed by atoms with Crippen molar-refractivity contribution < 1.29 is 14.3 Å². The Morgan fingerprint density at radius 1 is 1.45 bits per heavy atom. The summed E-state index contributed by atoms with van der Waals surface area (Å²) in [6.45, 7) is 2.03. The van der Waals surface area contributed by atoms with Crippen LogP contribution < -0.4 is 10.6 Å². The van der Waals surface area contributed by atoms with Gasteiger partial charge in [-0.3, -0.25) is 5.32 Å². The third kappa shape index (κ3) is 5.38. The number of aromatic nitrogens is 2. The first-order valence-corrected chi connectivity index (χ1v) is 7.64. The molecule has 1 aromatic carbocycles. The molecule has 1 aromatic heterocycles. The monoisotopic (exact) mass is 324 g/mol. The molecule has 0 aliphatic rings. The number of carbonyl (C=O) groups is 1. The van der Waals surface area contributed by atoms with Gasteiger partial charge in [0.25, 0.3) is 0 Å². The van der Waals surface area contributed by atoms with Crippen LogP contribution in [-0.4, -0.2) is 34.0 Å². The molecule has 0 radical (unpaired) electrons. The van der Waals surface area contributed by atoms with Gasteiger partial charge in [-0.25, -0.2) is 9.18 Å². The van der Waals surface area contributed by atoms with Crippen LogP contribution in [0.2, 0.25) is 0 Å². The molecule has 3 N–H and O–H groups in total. The summed E-state index contributed by atoms with van der Waals surface area (Å²) >= 11 is 1.24. The lowest BCUT2D eigenvalue weighted by Crippen LogP contribution is -2.30. The predicted molar refractivity (Wildman–Crippen MR) is 82.4 cm³/mol. The Balaban J connectivity index is 1.84. The minimum Gasteiger partial charge on any atom is -0.393 e. The molecule has 1 atom stereocenters. The van der Waals surface area contributed by atoms with E-state index in [-0.39, 0.29) is 5.82 Å². The predicted octanol–water partition coefficient (Wildman–Crippen LogP) is 2.16. The lowest BCUT2D eigenvalue weighted by molar-refractivity contribution is 0.184. The van der Waals surface area contributed by atoms with E-state index in [9.17, 15) is 9.18 Å². The highest BCUT2D eigenvalue weighted by atomic mass is 32.1. The quantitative estimate of drug-likeness (QED) is 0.760. The minimum atomic E-state index is -0.459. The van der Waals surface area contributed by atoms with Gasteiger partial charge in [0.15, 0.2) is 0 Å². The van der Waals surface area contributed by atoms with Crippen molar-refractivity contribution >= 4 is 22.5 Å². The summed E-state index contributed by atoms with van der Waals surface area (Å²) in [5, 5.41) is 23.2. The smallest absolute Gasteiger partial charge is 0.321 e. The number of rotatable bonds is 6. The zero-order chi connectivity index (χ0) is 15.9. The Kier molecular flexibility index (Phi) is 5.79. The van der Waals surface area contributed by atoms with E-state index >= 15 is 0 Å². The molecule has 0 saturated heterocycles. The molecule has 0 aliphatic carbocycles. The van der Waals surface area contributed by atoms with Crippen molar-refractivity contribution in [1.29, 1.82) is 0 Å². The molecule has 118 valence electrons. The highest BCUT2D eigenvalue weighted by molar-refractivity contribution is 7.15. The number of aliphatic hydroxyl groups excluding tert-OH is 1. The topological polar surface area (TPSA) is 87.1 Å². The third-order valence-electron chi connectivity index (χ3n) is 2.78. The van der Waals surface area contributed by atoms with Crippen LogP contribution in [0.4, 0.5) is 14.3 Å². The van der Waals surface area contributed by atoms with Crippen molar-refractivity contribution in [1.82, 2.24) is 15.5 Å². The van der Waals surface area contributed by atoms with Gasteiger partial charge in [-0.1, -0.05) is 23.5 Å². The zero-order valence-corrected chi connectivity index (χ0v) is 12.9. The van der Waals surface area contributed by atoms with Crippen LogP contribution in [0.5, 0.6) is 0 Å². The molecule has 6 nitrogen and oxygen atoms in total. The van der Waals surface area contributed by atoms with Gasteiger partial charge in [0.05, 0.1) is 6.10 Å². The maximum Gasteiger partial charge on any atom is 0.321 e. The second-order valence-corrected chi connectivity index (χ2v) is 5.89. The summed E-state index contributed by atoms with van der Waals surface area (Å²) in [6, 6.07) is 5.88. The normalized spacial score (nSPS) is 12.0. The molecule has 0 bridgehead atoms. The molecule has 8 heteroatoms. The van der Waals surface area contributed by atoms with Crippen LogP contribution in [0.25, 0.3) is 0 Å². The summed E-state index contributed by atoms with van der Waals surface area (Å²) in [4.78, 5) is 11.6. The van der Waals surface area contributed by atoms with Gasteiger partial charge < -0.3 is 10.4 Å². The third-order valence-corrected chi connectivity index (χ3v) is 3.62. The fourth-order valence-electron chi connectivity index (χ4n) is 1.73. The van der Waals surface area contributed by atoms with Gasteiger partial charge in [-0.2, -0.15) is 0 Å². The molecule has 22 heavy (non-hydrogen) atoms. The molecular weight excluding hydrogens is 307 g/mol. The Hall–Kier alpha value is -2.06. The standard InChI is InChI=1S/C14H17FN4O2S/c1-9(20)5-6-16-13(21)17-14-19-18-12(22-14)8-10-3-2-4-11(15)7-10/h2-4,7,9,20H,5-6,8H2,1H3,(H2,16,17,19,21). The second kappa shape index (κ2) is 7.81. The number of carbonyl (C=O) groups excluding carboxylic acids is 1. The van der Waals surface area contributed by atoms with E-state index < -0.39 is 12.1 Å². The number of nitrogens with one attached hydrogen (secondary N) is 2. The number of amides is 2. The molecule has 1 unspecified atom stereocenters. The Labute approximate surface area is 131 Å². The van der Waals surface area contributed by atoms with Crippen LogP contribution in [-0.2, 0) is 6.42 Å². The van der Waals surface area contributed by atoms with E-state index in [0.29, 0.717) is 29.5 Å². The van der Waals surface area contributed by atoms with Gasteiger partial charge >= 0.3 is 6.03 Å². The number of hydrogen-bond acceptors (Lipinski definition) is 5. The van der Waals surface area contributed by atoms with Gasteiger partial charge in [-0.15, -0.1) is 10.2 Å². The lowest BCUT2D eigenvalue weighted by Gasteiger charge is -2.06. The highest BCUT2D eigenvalue weighted by Gasteiger charge is 2.09. The summed E-state index contributed by atoms with van der Waals surface area (Å²) in [5.74, 6) is -0.294. The van der Waals surface area contributed by atoms with Crippen molar-refractivity contribution in [3.8, 4) is 0 Å². The molecule has 2 aromatic rings. The number of halogens is 1. The maximum atomic E-state index is 13.1. The Morgan fingerprint density at radius 3 is 3.00 bits per heavy atom. The van der Waals surface area contributed by atoms with Crippen molar-refractivity contribution in [2.24, 2.45) is 0 Å². The molecular formula is C14H17FN4O2S. The average Bonchev–Trinajstić information content (AvgIpc) is 2.85. The second-order valence-electron chi connectivity index (χ2n) is 4.83. The van der Waals surface area contributed by atoms with Crippen LogP contribution >= 0.6 is 11.3 Å². The zero-order valence-electron chi connectivity index (χ0n) is 12.0.